The molecular weight excluding hydrogens is 250 g/mol. The van der Waals surface area contributed by atoms with Crippen molar-refractivity contribution in [2.45, 2.75) is 18.9 Å². The topological polar surface area (TPSA) is 39.7 Å². The number of hydrogen-bond donors (Lipinski definition) is 1. The van der Waals surface area contributed by atoms with Crippen molar-refractivity contribution in [3.63, 3.8) is 0 Å². The highest BCUT2D eigenvalue weighted by Crippen LogP contribution is 2.32. The van der Waals surface area contributed by atoms with Crippen molar-refractivity contribution >= 4 is 17.2 Å². The van der Waals surface area contributed by atoms with Gasteiger partial charge in [-0.3, -0.25) is 0 Å². The molecule has 1 saturated heterocycles. The van der Waals surface area contributed by atoms with Gasteiger partial charge in [-0.1, -0.05) is 12.2 Å². The number of hydrogen-bond acceptors (Lipinski definition) is 4. The van der Waals surface area contributed by atoms with E-state index in [0.717, 1.165) is 48.0 Å². The molecule has 0 amide bonds. The lowest BCUT2D eigenvalue weighted by Gasteiger charge is -2.13. The number of fused-ring (bicyclic) bond motifs is 1. The molecule has 0 bridgehead atoms. The molecule has 0 saturated carbocycles. The van der Waals surface area contributed by atoms with Crippen LogP contribution >= 0.6 is 12.2 Å². The average molecular weight is 265 g/mol. The monoisotopic (exact) mass is 265 g/mol. The molecule has 2 heterocycles. The Labute approximate surface area is 111 Å². The van der Waals surface area contributed by atoms with Gasteiger partial charge in [0, 0.05) is 18.7 Å². The number of ether oxygens (including phenoxy) is 3. The normalized spacial score (nSPS) is 21.0. The Hall–Kier alpha value is -1.33. The summed E-state index contributed by atoms with van der Waals surface area (Å²) in [7, 11) is 0. The second-order valence-electron chi connectivity index (χ2n) is 4.41. The van der Waals surface area contributed by atoms with Gasteiger partial charge in [0.15, 0.2) is 11.5 Å². The van der Waals surface area contributed by atoms with Gasteiger partial charge in [-0.15, -0.1) is 0 Å². The molecule has 1 aromatic rings. The minimum absolute atomic E-state index is 0.287. The van der Waals surface area contributed by atoms with Gasteiger partial charge in [-0.05, 0) is 31.0 Å². The second kappa shape index (κ2) is 5.12. The van der Waals surface area contributed by atoms with Crippen LogP contribution in [0.1, 0.15) is 18.4 Å². The second-order valence-corrected chi connectivity index (χ2v) is 4.82. The highest BCUT2D eigenvalue weighted by atomic mass is 32.1. The summed E-state index contributed by atoms with van der Waals surface area (Å²) in [6, 6.07) is 5.74. The van der Waals surface area contributed by atoms with Gasteiger partial charge in [-0.25, -0.2) is 0 Å². The largest absolute Gasteiger partial charge is 0.454 e. The Morgan fingerprint density at radius 2 is 2.22 bits per heavy atom. The van der Waals surface area contributed by atoms with Gasteiger partial charge in [0.05, 0.1) is 6.10 Å². The number of rotatable bonds is 3. The third kappa shape index (κ3) is 2.42. The first-order chi connectivity index (χ1) is 8.83. The molecule has 0 radical (unpaired) electrons. The lowest BCUT2D eigenvalue weighted by atomic mass is 10.2. The Kier molecular flexibility index (Phi) is 3.34. The molecule has 0 spiro atoms. The van der Waals surface area contributed by atoms with Gasteiger partial charge in [0.1, 0.15) is 4.99 Å². The number of nitrogens with one attached hydrogen (secondary N) is 1. The zero-order valence-corrected chi connectivity index (χ0v) is 10.8. The Bertz CT molecular complexity index is 458. The molecule has 0 aliphatic carbocycles. The Morgan fingerprint density at radius 3 is 3.06 bits per heavy atom. The summed E-state index contributed by atoms with van der Waals surface area (Å²) >= 11 is 5.36. The quantitative estimate of drug-likeness (QED) is 0.845. The van der Waals surface area contributed by atoms with E-state index in [0.29, 0.717) is 0 Å². The smallest absolute Gasteiger partial charge is 0.231 e. The van der Waals surface area contributed by atoms with E-state index in [1.807, 2.05) is 18.2 Å². The van der Waals surface area contributed by atoms with Crippen LogP contribution in [-0.2, 0) is 4.74 Å². The first-order valence-corrected chi connectivity index (χ1v) is 6.53. The predicted octanol–water partition coefficient (Wildman–Crippen LogP) is 1.86. The summed E-state index contributed by atoms with van der Waals surface area (Å²) < 4.78 is 16.1. The number of benzene rings is 1. The third-order valence-electron chi connectivity index (χ3n) is 3.15. The standard InChI is InChI=1S/C13H15NO3S/c18-13(14-7-10-2-1-5-15-10)9-3-4-11-12(6-9)17-8-16-11/h3-4,6,10H,1-2,5,7-8H2,(H,14,18)/t10-/m0/s1. The van der Waals surface area contributed by atoms with Crippen LogP contribution in [0, 0.1) is 0 Å². The van der Waals surface area contributed by atoms with Gasteiger partial charge in [0.25, 0.3) is 0 Å². The van der Waals surface area contributed by atoms with Crippen LogP contribution in [0.15, 0.2) is 18.2 Å². The van der Waals surface area contributed by atoms with Crippen LogP contribution in [-0.4, -0.2) is 31.0 Å². The Balaban J connectivity index is 1.61. The van der Waals surface area contributed by atoms with Crippen molar-refractivity contribution in [3.05, 3.63) is 23.8 Å². The molecule has 0 unspecified atom stereocenters. The maximum atomic E-state index is 5.55. The van der Waals surface area contributed by atoms with E-state index in [2.05, 4.69) is 5.32 Å². The van der Waals surface area contributed by atoms with Crippen molar-refractivity contribution in [2.75, 3.05) is 19.9 Å². The Morgan fingerprint density at radius 1 is 1.33 bits per heavy atom. The predicted molar refractivity (Wildman–Crippen MR) is 71.2 cm³/mol. The molecule has 2 aliphatic heterocycles. The molecule has 2 aliphatic rings. The molecule has 1 aromatic carbocycles. The zero-order valence-electron chi connectivity index (χ0n) is 9.98. The molecule has 96 valence electrons. The van der Waals surface area contributed by atoms with Crippen LogP contribution in [0.4, 0.5) is 0 Å². The minimum Gasteiger partial charge on any atom is -0.454 e. The van der Waals surface area contributed by atoms with E-state index >= 15 is 0 Å². The van der Waals surface area contributed by atoms with E-state index in [-0.39, 0.29) is 12.9 Å². The van der Waals surface area contributed by atoms with Crippen LogP contribution < -0.4 is 14.8 Å². The molecule has 1 atom stereocenters. The van der Waals surface area contributed by atoms with E-state index in [9.17, 15) is 0 Å². The van der Waals surface area contributed by atoms with Crippen molar-refractivity contribution in [2.24, 2.45) is 0 Å². The summed E-state index contributed by atoms with van der Waals surface area (Å²) in [6.07, 6.45) is 2.54. The van der Waals surface area contributed by atoms with Crippen LogP contribution in [0.5, 0.6) is 11.5 Å². The van der Waals surface area contributed by atoms with Gasteiger partial charge >= 0.3 is 0 Å². The van der Waals surface area contributed by atoms with Gasteiger partial charge < -0.3 is 19.5 Å². The van der Waals surface area contributed by atoms with Crippen molar-refractivity contribution in [3.8, 4) is 11.5 Å². The summed E-state index contributed by atoms with van der Waals surface area (Å²) in [4.78, 5) is 0.726. The SMILES string of the molecule is S=C(NC[C@@H]1CCCO1)c1ccc2c(c1)OCO2. The first kappa shape index (κ1) is 11.7. The molecule has 3 rings (SSSR count). The summed E-state index contributed by atoms with van der Waals surface area (Å²) in [5.41, 5.74) is 0.951. The fraction of sp³-hybridized carbons (Fsp3) is 0.462. The third-order valence-corrected chi connectivity index (χ3v) is 3.53. The molecule has 5 heteroatoms. The summed E-state index contributed by atoms with van der Waals surface area (Å²) in [6.45, 7) is 1.92. The van der Waals surface area contributed by atoms with Crippen molar-refractivity contribution in [1.29, 1.82) is 0 Å². The van der Waals surface area contributed by atoms with E-state index in [1.165, 1.54) is 0 Å². The van der Waals surface area contributed by atoms with Gasteiger partial charge in [-0.2, -0.15) is 0 Å². The minimum atomic E-state index is 0.287. The highest BCUT2D eigenvalue weighted by Gasteiger charge is 2.17. The van der Waals surface area contributed by atoms with Crippen molar-refractivity contribution in [1.82, 2.24) is 5.32 Å². The lowest BCUT2D eigenvalue weighted by molar-refractivity contribution is 0.114. The van der Waals surface area contributed by atoms with Crippen LogP contribution in [0.2, 0.25) is 0 Å². The van der Waals surface area contributed by atoms with Crippen molar-refractivity contribution < 1.29 is 14.2 Å². The lowest BCUT2D eigenvalue weighted by Crippen LogP contribution is -2.31. The van der Waals surface area contributed by atoms with Crippen LogP contribution in [0.3, 0.4) is 0 Å². The van der Waals surface area contributed by atoms with Crippen LogP contribution in [0.25, 0.3) is 0 Å². The van der Waals surface area contributed by atoms with E-state index < -0.39 is 0 Å². The highest BCUT2D eigenvalue weighted by molar-refractivity contribution is 7.80. The zero-order chi connectivity index (χ0) is 12.4. The molecule has 1 fully saturated rings. The maximum absolute atomic E-state index is 5.55. The molecule has 4 nitrogen and oxygen atoms in total. The van der Waals surface area contributed by atoms with E-state index in [1.54, 1.807) is 0 Å². The summed E-state index contributed by atoms with van der Waals surface area (Å²) in [5, 5.41) is 3.24. The average Bonchev–Trinajstić information content (AvgIpc) is 3.05. The van der Waals surface area contributed by atoms with Gasteiger partial charge in [0.2, 0.25) is 6.79 Å². The molecular formula is C13H15NO3S. The molecule has 1 N–H and O–H groups in total. The number of thiocarbonyl (C=S) groups is 1. The fourth-order valence-electron chi connectivity index (χ4n) is 2.15. The first-order valence-electron chi connectivity index (χ1n) is 6.12. The summed E-state index contributed by atoms with van der Waals surface area (Å²) in [5.74, 6) is 1.54. The van der Waals surface area contributed by atoms with E-state index in [4.69, 9.17) is 26.4 Å². The maximum Gasteiger partial charge on any atom is 0.231 e. The molecule has 18 heavy (non-hydrogen) atoms. The fourth-order valence-corrected chi connectivity index (χ4v) is 2.36. The molecule has 0 aromatic heterocycles.